The lowest BCUT2D eigenvalue weighted by Gasteiger charge is -2.40. The van der Waals surface area contributed by atoms with Crippen LogP contribution in [0.1, 0.15) is 148 Å². The highest BCUT2D eigenvalue weighted by Gasteiger charge is 2.45. The minimum atomic E-state index is -0.237. The lowest BCUT2D eigenvalue weighted by molar-refractivity contribution is 0.205. The molecule has 5 aliphatic carbocycles. The third-order valence-corrected chi connectivity index (χ3v) is 16.7. The van der Waals surface area contributed by atoms with Gasteiger partial charge in [-0.15, -0.1) is 0 Å². The maximum Gasteiger partial charge on any atom is 0.106 e. The van der Waals surface area contributed by atoms with Gasteiger partial charge in [0, 0.05) is 38.3 Å². The van der Waals surface area contributed by atoms with Gasteiger partial charge in [-0.2, -0.15) is 10.2 Å². The SMILES string of the molecule is C=C(Br)C(C)(C)N/N=C1\CCCc2ccccc21.C=C1C2CCc3ccccc3C2=NNC1(C)C.CO/N=C1\C2/C=C\C=C\CCCC(C2)C1(C)C.CO/N=C1\CCC(CC/C=C/C=C\I)C1(C)C. The molecule has 8 rings (SSSR count). The lowest BCUT2D eigenvalue weighted by Crippen LogP contribution is -2.48. The van der Waals surface area contributed by atoms with Gasteiger partial charge >= 0.3 is 0 Å². The van der Waals surface area contributed by atoms with Crippen molar-refractivity contribution in [2.24, 2.45) is 55.0 Å². The number of fused-ring (bicyclic) bond motifs is 6. The highest BCUT2D eigenvalue weighted by atomic mass is 127. The summed E-state index contributed by atoms with van der Waals surface area (Å²) in [4.78, 5) is 9.98. The fourth-order valence-corrected chi connectivity index (χ4v) is 10.8. The first-order chi connectivity index (χ1) is 32.9. The van der Waals surface area contributed by atoms with Crippen molar-refractivity contribution in [1.29, 1.82) is 0 Å². The first-order valence-electron chi connectivity index (χ1n) is 25.2. The predicted octanol–water partition coefficient (Wildman–Crippen LogP) is 15.6. The number of hydrogen-bond donors (Lipinski definition) is 2. The second-order valence-electron chi connectivity index (χ2n) is 21.4. The highest BCUT2D eigenvalue weighted by molar-refractivity contribution is 14.1. The van der Waals surface area contributed by atoms with Crippen LogP contribution in [-0.2, 0) is 22.5 Å². The number of nitrogens with zero attached hydrogens (tertiary/aromatic N) is 4. The highest BCUT2D eigenvalue weighted by Crippen LogP contribution is 2.47. The van der Waals surface area contributed by atoms with Crippen LogP contribution in [0, 0.1) is 34.5 Å². The maximum atomic E-state index is 5.05. The summed E-state index contributed by atoms with van der Waals surface area (Å²) in [7, 11) is 3.28. The Kier molecular flexibility index (Phi) is 21.0. The first-order valence-corrected chi connectivity index (χ1v) is 27.3. The molecule has 0 saturated heterocycles. The van der Waals surface area contributed by atoms with Crippen LogP contribution in [0.25, 0.3) is 0 Å². The number of hydrazone groups is 2. The van der Waals surface area contributed by atoms with Crippen molar-refractivity contribution in [3.8, 4) is 0 Å². The van der Waals surface area contributed by atoms with Crippen LogP contribution in [0.2, 0.25) is 0 Å². The Labute approximate surface area is 438 Å². The number of aryl methyl sites for hydroxylation is 2. The Morgan fingerprint density at radius 2 is 1.58 bits per heavy atom. The van der Waals surface area contributed by atoms with Gasteiger partial charge in [0.2, 0.25) is 0 Å². The molecule has 2 N–H and O–H groups in total. The molecular formula is C59H82BrIN6O2. The Morgan fingerprint density at radius 1 is 0.884 bits per heavy atom. The van der Waals surface area contributed by atoms with E-state index >= 15 is 0 Å². The number of halogens is 2. The topological polar surface area (TPSA) is 92.0 Å². The number of rotatable bonds is 9. The van der Waals surface area contributed by atoms with Crippen LogP contribution < -0.4 is 10.9 Å². The molecule has 8 nitrogen and oxygen atoms in total. The second kappa shape index (κ2) is 25.9. The number of allylic oxidation sites excluding steroid dienone is 7. The minimum absolute atomic E-state index is 0.0829. The monoisotopic (exact) mass is 1110 g/mol. The molecule has 2 aromatic rings. The fourth-order valence-electron chi connectivity index (χ4n) is 10.5. The molecule has 1 aliphatic heterocycles. The summed E-state index contributed by atoms with van der Waals surface area (Å²) in [5.74, 6) is 2.33. The van der Waals surface area contributed by atoms with Crippen molar-refractivity contribution in [3.05, 3.63) is 141 Å². The Bertz CT molecular complexity index is 2310. The van der Waals surface area contributed by atoms with E-state index in [9.17, 15) is 0 Å². The van der Waals surface area contributed by atoms with Crippen LogP contribution in [0.3, 0.4) is 0 Å². The van der Waals surface area contributed by atoms with Crippen LogP contribution >= 0.6 is 38.5 Å². The van der Waals surface area contributed by atoms with Crippen LogP contribution in [-0.4, -0.2) is 48.1 Å². The quantitative estimate of drug-likeness (QED) is 0.113. The van der Waals surface area contributed by atoms with E-state index in [1.165, 1.54) is 89.9 Å². The molecule has 2 saturated carbocycles. The molecule has 10 heteroatoms. The van der Waals surface area contributed by atoms with Crippen molar-refractivity contribution < 1.29 is 9.68 Å². The molecule has 1 heterocycles. The van der Waals surface area contributed by atoms with Gasteiger partial charge in [0.05, 0.1) is 33.9 Å². The average Bonchev–Trinajstić information content (AvgIpc) is 3.74. The van der Waals surface area contributed by atoms with Crippen molar-refractivity contribution in [2.45, 2.75) is 150 Å². The number of nitrogens with one attached hydrogen (secondary N) is 2. The largest absolute Gasteiger partial charge is 0.399 e. The average molecular weight is 1110 g/mol. The predicted molar refractivity (Wildman–Crippen MR) is 307 cm³/mol. The van der Waals surface area contributed by atoms with Gasteiger partial charge in [-0.05, 0) is 144 Å². The van der Waals surface area contributed by atoms with Gasteiger partial charge < -0.3 is 15.1 Å². The number of oxime groups is 2. The summed E-state index contributed by atoms with van der Waals surface area (Å²) in [5.41, 5.74) is 17.9. The zero-order valence-corrected chi connectivity index (χ0v) is 47.3. The molecule has 0 amide bonds. The zero-order valence-electron chi connectivity index (χ0n) is 43.5. The molecule has 2 bridgehead atoms. The molecule has 6 aliphatic rings. The van der Waals surface area contributed by atoms with Crippen molar-refractivity contribution in [3.63, 3.8) is 0 Å². The van der Waals surface area contributed by atoms with E-state index < -0.39 is 0 Å². The molecule has 2 aromatic carbocycles. The molecule has 0 spiro atoms. The number of benzene rings is 2. The zero-order chi connectivity index (χ0) is 50.2. The van der Waals surface area contributed by atoms with Crippen LogP contribution in [0.15, 0.2) is 139 Å². The molecule has 4 atom stereocenters. The van der Waals surface area contributed by atoms with E-state index in [0.29, 0.717) is 11.8 Å². The maximum absolute atomic E-state index is 5.05. The van der Waals surface area contributed by atoms with E-state index in [0.717, 1.165) is 60.6 Å². The third-order valence-electron chi connectivity index (χ3n) is 15.3. The standard InChI is InChI=1S/C15H19BrN2.C15H18N2.C15H23NO.C14H22INO/c1-11(16)15(2,3)18-17-14-10-6-8-12-7-4-5-9-13(12)14;1-10-12-9-8-11-6-4-5-7-13(11)14(12)16-17-15(10,2)3;1-15(2)13-10-8-6-4-5-7-9-12(11-13)14(15)16-17-3;1-14(2)12(8-6-4-5-7-11-15)9-10-13(14)16-17-3/h4-5,7,9,18H,1,6,8,10H2,2-3H3;4-7,12,17H,1,8-9H2,2-3H3;4-5,7,9,12-13H,6,8,10-11H2,1-3H3;4-5,7,11-12H,6,8-10H2,1-3H3/b17-14+;;5-4+,9-7-,16-14+;5-4+,11-7-,16-13+. The summed E-state index contributed by atoms with van der Waals surface area (Å²) in [6, 6.07) is 17.1. The van der Waals surface area contributed by atoms with Crippen molar-refractivity contribution in [2.75, 3.05) is 14.2 Å². The van der Waals surface area contributed by atoms with Gasteiger partial charge in [0.15, 0.2) is 0 Å². The Balaban J connectivity index is 0.000000172. The summed E-state index contributed by atoms with van der Waals surface area (Å²) in [6.45, 7) is 25.8. The second-order valence-corrected chi connectivity index (χ2v) is 23.1. The van der Waals surface area contributed by atoms with Crippen LogP contribution in [0.4, 0.5) is 0 Å². The van der Waals surface area contributed by atoms with E-state index in [1.807, 2.05) is 4.08 Å². The lowest BCUT2D eigenvalue weighted by atomic mass is 9.73. The number of hydrogen-bond acceptors (Lipinski definition) is 8. The minimum Gasteiger partial charge on any atom is -0.399 e. The summed E-state index contributed by atoms with van der Waals surface area (Å²) < 4.78 is 2.93. The summed E-state index contributed by atoms with van der Waals surface area (Å²) >= 11 is 5.66. The van der Waals surface area contributed by atoms with Crippen molar-refractivity contribution >= 4 is 61.4 Å². The van der Waals surface area contributed by atoms with Crippen LogP contribution in [0.5, 0.6) is 0 Å². The van der Waals surface area contributed by atoms with E-state index in [2.05, 4.69) is 229 Å². The van der Waals surface area contributed by atoms with E-state index in [1.54, 1.807) is 14.2 Å². The normalized spacial score (nSPS) is 26.6. The van der Waals surface area contributed by atoms with Gasteiger partial charge in [0.25, 0.3) is 0 Å². The molecule has 4 unspecified atom stereocenters. The Morgan fingerprint density at radius 3 is 2.28 bits per heavy atom. The fraction of sp³-hybridized carbons (Fsp3) is 0.525. The molecule has 374 valence electrons. The van der Waals surface area contributed by atoms with Gasteiger partial charge in [-0.25, -0.2) is 0 Å². The summed E-state index contributed by atoms with van der Waals surface area (Å²) in [6.07, 6.45) is 30.7. The molecule has 2 fully saturated rings. The molecule has 0 aromatic heterocycles. The first kappa shape index (κ1) is 55.9. The van der Waals surface area contributed by atoms with Gasteiger partial charge in [-0.1, -0.05) is 181 Å². The van der Waals surface area contributed by atoms with Crippen molar-refractivity contribution in [1.82, 2.24) is 10.9 Å². The smallest absolute Gasteiger partial charge is 0.106 e. The third kappa shape index (κ3) is 14.8. The molecule has 69 heavy (non-hydrogen) atoms. The summed E-state index contributed by atoms with van der Waals surface area (Å²) in [5, 5.41) is 17.7. The van der Waals surface area contributed by atoms with E-state index in [4.69, 9.17) is 9.68 Å². The molecular weight excluding hydrogens is 1030 g/mol. The van der Waals surface area contributed by atoms with Gasteiger partial charge in [0.1, 0.15) is 14.2 Å². The van der Waals surface area contributed by atoms with E-state index in [-0.39, 0.29) is 21.9 Å². The van der Waals surface area contributed by atoms with Gasteiger partial charge in [-0.3, -0.25) is 5.43 Å². The molecule has 0 radical (unpaired) electrons. The Hall–Kier alpha value is -4.03.